The van der Waals surface area contributed by atoms with E-state index >= 15 is 0 Å². The number of carbonyl (C=O) groups is 1. The van der Waals surface area contributed by atoms with Crippen molar-refractivity contribution in [2.24, 2.45) is 0 Å². The molecule has 1 aromatic carbocycles. The number of benzene rings is 1. The van der Waals surface area contributed by atoms with Crippen LogP contribution in [0.15, 0.2) is 41.1 Å². The molecule has 4 rings (SSSR count). The summed E-state index contributed by atoms with van der Waals surface area (Å²) in [5, 5.41) is 7.57. The molecule has 0 bridgehead atoms. The van der Waals surface area contributed by atoms with Gasteiger partial charge in [-0.15, -0.1) is 0 Å². The normalized spacial score (nSPS) is 19.8. The van der Waals surface area contributed by atoms with E-state index in [9.17, 15) is 9.18 Å². The predicted octanol–water partition coefficient (Wildman–Crippen LogP) is 3.36. The molecule has 1 aliphatic rings. The largest absolute Gasteiger partial charge is 0.441 e. The SMILES string of the molecule is CN[C@H]1CCN(C(=O)Nc2cc3cc(-c4cnc(C)o4)ccc3cn2)C[C@@H]1F. The Bertz CT molecular complexity index is 1010. The summed E-state index contributed by atoms with van der Waals surface area (Å²) in [4.78, 5) is 22.4. The van der Waals surface area contributed by atoms with E-state index in [1.165, 1.54) is 4.90 Å². The molecule has 3 aromatic rings. The van der Waals surface area contributed by atoms with E-state index in [0.29, 0.717) is 30.4 Å². The lowest BCUT2D eigenvalue weighted by Gasteiger charge is -2.34. The molecule has 0 unspecified atom stereocenters. The summed E-state index contributed by atoms with van der Waals surface area (Å²) < 4.78 is 19.7. The van der Waals surface area contributed by atoms with Crippen LogP contribution in [0.5, 0.6) is 0 Å². The Morgan fingerprint density at radius 2 is 2.11 bits per heavy atom. The number of hydrogen-bond acceptors (Lipinski definition) is 5. The zero-order valence-corrected chi connectivity index (χ0v) is 15.8. The summed E-state index contributed by atoms with van der Waals surface area (Å²) in [6, 6.07) is 7.09. The van der Waals surface area contributed by atoms with Gasteiger partial charge in [-0.05, 0) is 31.0 Å². The molecule has 1 fully saturated rings. The van der Waals surface area contributed by atoms with Crippen LogP contribution in [0.4, 0.5) is 15.0 Å². The third-order valence-corrected chi connectivity index (χ3v) is 5.06. The number of pyridine rings is 1. The lowest BCUT2D eigenvalue weighted by atomic mass is 10.0. The number of fused-ring (bicyclic) bond motifs is 1. The second-order valence-corrected chi connectivity index (χ2v) is 6.95. The van der Waals surface area contributed by atoms with Gasteiger partial charge < -0.3 is 14.6 Å². The number of piperidine rings is 1. The first-order valence-corrected chi connectivity index (χ1v) is 9.23. The zero-order chi connectivity index (χ0) is 19.7. The van der Waals surface area contributed by atoms with Crippen LogP contribution >= 0.6 is 0 Å². The number of aromatic nitrogens is 2. The Hall–Kier alpha value is -3.00. The van der Waals surface area contributed by atoms with E-state index in [1.807, 2.05) is 18.2 Å². The highest BCUT2D eigenvalue weighted by Crippen LogP contribution is 2.26. The second-order valence-electron chi connectivity index (χ2n) is 6.95. The van der Waals surface area contributed by atoms with Crippen LogP contribution in [-0.4, -0.2) is 53.2 Å². The number of urea groups is 1. The minimum absolute atomic E-state index is 0.0694. The third-order valence-electron chi connectivity index (χ3n) is 5.06. The monoisotopic (exact) mass is 383 g/mol. The molecule has 2 aromatic heterocycles. The summed E-state index contributed by atoms with van der Waals surface area (Å²) in [5.74, 6) is 1.71. The van der Waals surface area contributed by atoms with E-state index in [2.05, 4.69) is 20.6 Å². The van der Waals surface area contributed by atoms with Gasteiger partial charge >= 0.3 is 6.03 Å². The van der Waals surface area contributed by atoms with Gasteiger partial charge in [0.05, 0.1) is 12.7 Å². The van der Waals surface area contributed by atoms with Crippen molar-refractivity contribution >= 4 is 22.6 Å². The molecule has 2 N–H and O–H groups in total. The van der Waals surface area contributed by atoms with Gasteiger partial charge in [-0.2, -0.15) is 0 Å². The summed E-state index contributed by atoms with van der Waals surface area (Å²) in [6.07, 6.45) is 2.88. The van der Waals surface area contributed by atoms with E-state index < -0.39 is 6.17 Å². The fourth-order valence-electron chi connectivity index (χ4n) is 3.46. The van der Waals surface area contributed by atoms with E-state index in [1.54, 1.807) is 32.4 Å². The lowest BCUT2D eigenvalue weighted by Crippen LogP contribution is -2.52. The number of alkyl halides is 1. The van der Waals surface area contributed by atoms with E-state index in [4.69, 9.17) is 4.42 Å². The number of likely N-dealkylation sites (tertiary alicyclic amines) is 1. The minimum Gasteiger partial charge on any atom is -0.441 e. The average Bonchev–Trinajstić information content (AvgIpc) is 3.13. The Labute approximate surface area is 162 Å². The quantitative estimate of drug-likeness (QED) is 0.725. The Morgan fingerprint density at radius 3 is 2.82 bits per heavy atom. The molecule has 8 heteroatoms. The summed E-state index contributed by atoms with van der Waals surface area (Å²) >= 11 is 0. The summed E-state index contributed by atoms with van der Waals surface area (Å²) in [7, 11) is 1.74. The number of carbonyl (C=O) groups excluding carboxylic acids is 1. The van der Waals surface area contributed by atoms with Crippen LogP contribution in [0, 0.1) is 6.92 Å². The first-order chi connectivity index (χ1) is 13.5. The lowest BCUT2D eigenvalue weighted by molar-refractivity contribution is 0.126. The van der Waals surface area contributed by atoms with Crippen molar-refractivity contribution < 1.29 is 13.6 Å². The minimum atomic E-state index is -1.08. The van der Waals surface area contributed by atoms with Crippen LogP contribution in [0.25, 0.3) is 22.1 Å². The van der Waals surface area contributed by atoms with Gasteiger partial charge in [0.25, 0.3) is 0 Å². The van der Waals surface area contributed by atoms with Gasteiger partial charge in [0.15, 0.2) is 11.7 Å². The van der Waals surface area contributed by atoms with Gasteiger partial charge in [-0.1, -0.05) is 12.1 Å². The fraction of sp³-hybridized carbons (Fsp3) is 0.350. The molecule has 2 amide bonds. The van der Waals surface area contributed by atoms with Crippen LogP contribution < -0.4 is 10.6 Å². The van der Waals surface area contributed by atoms with Crippen molar-refractivity contribution in [3.63, 3.8) is 0 Å². The molecule has 7 nitrogen and oxygen atoms in total. The van der Waals surface area contributed by atoms with Gasteiger partial charge in [-0.3, -0.25) is 5.32 Å². The average molecular weight is 383 g/mol. The van der Waals surface area contributed by atoms with Crippen molar-refractivity contribution in [3.05, 3.63) is 42.5 Å². The summed E-state index contributed by atoms with van der Waals surface area (Å²) in [6.45, 7) is 2.36. The third kappa shape index (κ3) is 3.68. The fourth-order valence-corrected chi connectivity index (χ4v) is 3.46. The molecule has 146 valence electrons. The maximum absolute atomic E-state index is 14.1. The molecule has 2 atom stereocenters. The zero-order valence-electron chi connectivity index (χ0n) is 15.8. The molecule has 28 heavy (non-hydrogen) atoms. The van der Waals surface area contributed by atoms with Gasteiger partial charge in [0.2, 0.25) is 0 Å². The van der Waals surface area contributed by atoms with Gasteiger partial charge in [-0.25, -0.2) is 19.2 Å². The highest BCUT2D eigenvalue weighted by molar-refractivity contribution is 5.93. The van der Waals surface area contributed by atoms with Crippen LogP contribution in [-0.2, 0) is 0 Å². The van der Waals surface area contributed by atoms with Gasteiger partial charge in [0, 0.05) is 36.7 Å². The van der Waals surface area contributed by atoms with Gasteiger partial charge in [0.1, 0.15) is 12.0 Å². The van der Waals surface area contributed by atoms with Crippen LogP contribution in [0.2, 0.25) is 0 Å². The van der Waals surface area contributed by atoms with E-state index in [-0.39, 0.29) is 18.6 Å². The first kappa shape index (κ1) is 18.4. The number of oxazole rings is 1. The van der Waals surface area contributed by atoms with Crippen LogP contribution in [0.3, 0.4) is 0 Å². The van der Waals surface area contributed by atoms with Crippen molar-refractivity contribution in [1.29, 1.82) is 0 Å². The molecule has 0 aliphatic carbocycles. The number of nitrogens with one attached hydrogen (secondary N) is 2. The van der Waals surface area contributed by atoms with Crippen molar-refractivity contribution in [2.45, 2.75) is 25.6 Å². The smallest absolute Gasteiger partial charge is 0.323 e. The molecule has 3 heterocycles. The molecular weight excluding hydrogens is 361 g/mol. The van der Waals surface area contributed by atoms with E-state index in [0.717, 1.165) is 16.3 Å². The number of rotatable bonds is 3. The first-order valence-electron chi connectivity index (χ1n) is 9.23. The highest BCUT2D eigenvalue weighted by Gasteiger charge is 2.30. The Kier molecular flexibility index (Phi) is 4.95. The molecule has 0 spiro atoms. The van der Waals surface area contributed by atoms with Crippen molar-refractivity contribution in [1.82, 2.24) is 20.2 Å². The molecule has 0 saturated carbocycles. The number of halogens is 1. The summed E-state index contributed by atoms with van der Waals surface area (Å²) in [5.41, 5.74) is 0.894. The number of hydrogen-bond donors (Lipinski definition) is 2. The standard InChI is InChI=1S/C20H22FN5O2/c1-12-23-10-18(28-12)13-3-4-14-9-24-19(8-15(14)7-13)25-20(27)26-6-5-17(22-2)16(21)11-26/h3-4,7-10,16-17,22H,5-6,11H2,1-2H3,(H,24,25,27)/t16-,17-/m0/s1. The number of aryl methyl sites for hydroxylation is 1. The molecule has 1 aliphatic heterocycles. The topological polar surface area (TPSA) is 83.3 Å². The number of amides is 2. The molecule has 0 radical (unpaired) electrons. The second kappa shape index (κ2) is 7.55. The Balaban J connectivity index is 1.51. The number of nitrogens with zero attached hydrogens (tertiary/aromatic N) is 3. The van der Waals surface area contributed by atoms with Crippen molar-refractivity contribution in [2.75, 3.05) is 25.5 Å². The predicted molar refractivity (Wildman–Crippen MR) is 105 cm³/mol. The maximum atomic E-state index is 14.1. The highest BCUT2D eigenvalue weighted by atomic mass is 19.1. The Morgan fingerprint density at radius 1 is 1.25 bits per heavy atom. The maximum Gasteiger partial charge on any atom is 0.323 e. The van der Waals surface area contributed by atoms with Crippen molar-refractivity contribution in [3.8, 4) is 11.3 Å². The molecule has 1 saturated heterocycles. The van der Waals surface area contributed by atoms with Crippen LogP contribution in [0.1, 0.15) is 12.3 Å². The number of anilines is 1. The molecular formula is C20H22FN5O2.